The van der Waals surface area contributed by atoms with Crippen LogP contribution in [0.3, 0.4) is 0 Å². The molecule has 0 spiro atoms. The highest BCUT2D eigenvalue weighted by molar-refractivity contribution is 5.07. The molecule has 2 aromatic heterocycles. The van der Waals surface area contributed by atoms with Gasteiger partial charge < -0.3 is 9.26 Å². The van der Waals surface area contributed by atoms with Crippen LogP contribution in [-0.4, -0.2) is 45.3 Å². The average Bonchev–Trinajstić information content (AvgIpc) is 3.17. The van der Waals surface area contributed by atoms with Crippen LogP contribution in [0, 0.1) is 6.92 Å². The number of rotatable bonds is 3. The zero-order valence-corrected chi connectivity index (χ0v) is 12.7. The summed E-state index contributed by atoms with van der Waals surface area (Å²) in [7, 11) is 0. The molecule has 3 atom stereocenters. The molecule has 2 aliphatic heterocycles. The lowest BCUT2D eigenvalue weighted by molar-refractivity contribution is 0.00800. The molecule has 6 heteroatoms. The van der Waals surface area contributed by atoms with E-state index in [-0.39, 0.29) is 12.0 Å². The van der Waals surface area contributed by atoms with Crippen LogP contribution in [0.1, 0.15) is 36.2 Å². The number of hydrogen-bond donors (Lipinski definition) is 0. The van der Waals surface area contributed by atoms with Gasteiger partial charge in [0, 0.05) is 31.9 Å². The van der Waals surface area contributed by atoms with Crippen molar-refractivity contribution >= 4 is 0 Å². The summed E-state index contributed by atoms with van der Waals surface area (Å²) in [5, 5.41) is 3.93. The van der Waals surface area contributed by atoms with Gasteiger partial charge in [0.15, 0.2) is 5.82 Å². The van der Waals surface area contributed by atoms with E-state index in [9.17, 15) is 0 Å². The Hall–Kier alpha value is -1.79. The van der Waals surface area contributed by atoms with Crippen molar-refractivity contribution in [2.75, 3.05) is 13.2 Å². The third kappa shape index (κ3) is 2.64. The molecule has 0 unspecified atom stereocenters. The molecule has 0 aromatic carbocycles. The van der Waals surface area contributed by atoms with Crippen molar-refractivity contribution < 1.29 is 9.26 Å². The smallest absolute Gasteiger partial charge is 0.231 e. The number of pyridine rings is 1. The average molecular weight is 300 g/mol. The molecule has 2 aliphatic rings. The van der Waals surface area contributed by atoms with Crippen LogP contribution in [0.2, 0.25) is 0 Å². The van der Waals surface area contributed by atoms with Gasteiger partial charge in [0.25, 0.3) is 0 Å². The van der Waals surface area contributed by atoms with E-state index in [0.717, 1.165) is 44.1 Å². The number of nitrogens with zero attached hydrogens (tertiary/aromatic N) is 4. The summed E-state index contributed by atoms with van der Waals surface area (Å²) in [6.45, 7) is 4.46. The van der Waals surface area contributed by atoms with Crippen LogP contribution in [0.5, 0.6) is 0 Å². The van der Waals surface area contributed by atoms with Crippen LogP contribution in [0.15, 0.2) is 28.9 Å². The molecule has 4 heterocycles. The molecule has 2 aromatic rings. The van der Waals surface area contributed by atoms with E-state index < -0.39 is 0 Å². The van der Waals surface area contributed by atoms with Crippen molar-refractivity contribution in [2.24, 2.45) is 0 Å². The zero-order chi connectivity index (χ0) is 14.9. The Morgan fingerprint density at radius 1 is 1.36 bits per heavy atom. The Bertz CT molecular complexity index is 630. The quantitative estimate of drug-likeness (QED) is 0.863. The maximum atomic E-state index is 5.93. The van der Waals surface area contributed by atoms with Crippen LogP contribution >= 0.6 is 0 Å². The van der Waals surface area contributed by atoms with Gasteiger partial charge in [-0.05, 0) is 31.9 Å². The summed E-state index contributed by atoms with van der Waals surface area (Å²) in [6, 6.07) is 6.53. The van der Waals surface area contributed by atoms with Crippen molar-refractivity contribution in [3.05, 3.63) is 41.8 Å². The summed E-state index contributed by atoms with van der Waals surface area (Å²) in [6.07, 6.45) is 4.16. The molecular formula is C16H20N4O2. The largest absolute Gasteiger partial charge is 0.377 e. The highest BCUT2D eigenvalue weighted by atomic mass is 16.5. The number of hydrogen-bond acceptors (Lipinski definition) is 6. The zero-order valence-electron chi connectivity index (χ0n) is 12.7. The third-order valence-electron chi connectivity index (χ3n) is 4.60. The Morgan fingerprint density at radius 3 is 3.09 bits per heavy atom. The lowest BCUT2D eigenvalue weighted by Gasteiger charge is -2.39. The minimum absolute atomic E-state index is 0.240. The first-order chi connectivity index (χ1) is 10.8. The molecule has 0 aliphatic carbocycles. The van der Waals surface area contributed by atoms with E-state index in [1.807, 2.05) is 25.3 Å². The first kappa shape index (κ1) is 13.8. The lowest BCUT2D eigenvalue weighted by atomic mass is 9.89. The second kappa shape index (κ2) is 5.78. The predicted molar refractivity (Wildman–Crippen MR) is 79.2 cm³/mol. The molecule has 2 fully saturated rings. The molecule has 0 radical (unpaired) electrons. The monoisotopic (exact) mass is 300 g/mol. The maximum absolute atomic E-state index is 5.93. The number of piperidine rings is 1. The number of likely N-dealkylation sites (tertiary alicyclic amines) is 1. The summed E-state index contributed by atoms with van der Waals surface area (Å²) < 4.78 is 11.3. The molecule has 116 valence electrons. The van der Waals surface area contributed by atoms with Crippen LogP contribution in [0.4, 0.5) is 0 Å². The first-order valence-corrected chi connectivity index (χ1v) is 7.85. The standard InChI is InChI=1S/C16H20N4O2/c1-11-18-16(22-19-11)12-8-15-14(5-7-21-15)20(9-12)10-13-4-2-3-6-17-13/h2-4,6,12,14-15H,5,7-10H2,1H3/t12-,14+,15+/m0/s1. The molecule has 2 saturated heterocycles. The third-order valence-corrected chi connectivity index (χ3v) is 4.60. The molecule has 0 saturated carbocycles. The van der Waals surface area contributed by atoms with Crippen molar-refractivity contribution in [3.63, 3.8) is 0 Å². The summed E-state index contributed by atoms with van der Waals surface area (Å²) in [5.74, 6) is 1.67. The first-order valence-electron chi connectivity index (χ1n) is 7.85. The topological polar surface area (TPSA) is 64.3 Å². The number of aromatic nitrogens is 3. The molecule has 0 N–H and O–H groups in total. The molecule has 6 nitrogen and oxygen atoms in total. The van der Waals surface area contributed by atoms with Crippen molar-refractivity contribution in [3.8, 4) is 0 Å². The van der Waals surface area contributed by atoms with Crippen LogP contribution in [0.25, 0.3) is 0 Å². The van der Waals surface area contributed by atoms with E-state index in [2.05, 4.69) is 26.1 Å². The van der Waals surface area contributed by atoms with E-state index in [0.29, 0.717) is 11.9 Å². The minimum atomic E-state index is 0.240. The fraction of sp³-hybridized carbons (Fsp3) is 0.562. The normalized spacial score (nSPS) is 28.7. The molecule has 22 heavy (non-hydrogen) atoms. The fourth-order valence-corrected chi connectivity index (χ4v) is 3.59. The Morgan fingerprint density at radius 2 is 2.32 bits per heavy atom. The summed E-state index contributed by atoms with van der Waals surface area (Å²) in [4.78, 5) is 11.3. The van der Waals surface area contributed by atoms with Gasteiger partial charge in [-0.15, -0.1) is 0 Å². The van der Waals surface area contributed by atoms with Gasteiger partial charge in [-0.3, -0.25) is 9.88 Å². The fourth-order valence-electron chi connectivity index (χ4n) is 3.59. The summed E-state index contributed by atoms with van der Waals surface area (Å²) in [5.41, 5.74) is 1.09. The highest BCUT2D eigenvalue weighted by Crippen LogP contribution is 2.36. The lowest BCUT2D eigenvalue weighted by Crippen LogP contribution is -2.48. The molecule has 4 rings (SSSR count). The Balaban J connectivity index is 1.55. The number of fused-ring (bicyclic) bond motifs is 1. The SMILES string of the molecule is Cc1noc([C@H]2C[C@H]3OCC[C@H]3N(Cc3ccccn3)C2)n1. The predicted octanol–water partition coefficient (Wildman–Crippen LogP) is 1.92. The second-order valence-electron chi connectivity index (χ2n) is 6.13. The van der Waals surface area contributed by atoms with Crippen molar-refractivity contribution in [1.82, 2.24) is 20.0 Å². The van der Waals surface area contributed by atoms with Crippen LogP contribution in [-0.2, 0) is 11.3 Å². The van der Waals surface area contributed by atoms with E-state index >= 15 is 0 Å². The second-order valence-corrected chi connectivity index (χ2v) is 6.13. The van der Waals surface area contributed by atoms with Gasteiger partial charge in [-0.2, -0.15) is 4.98 Å². The van der Waals surface area contributed by atoms with Gasteiger partial charge in [0.05, 0.1) is 17.7 Å². The van der Waals surface area contributed by atoms with Gasteiger partial charge >= 0.3 is 0 Å². The van der Waals surface area contributed by atoms with Gasteiger partial charge in [-0.1, -0.05) is 11.2 Å². The summed E-state index contributed by atoms with van der Waals surface area (Å²) >= 11 is 0. The highest BCUT2D eigenvalue weighted by Gasteiger charge is 2.42. The van der Waals surface area contributed by atoms with Gasteiger partial charge in [0.1, 0.15) is 0 Å². The minimum Gasteiger partial charge on any atom is -0.377 e. The van der Waals surface area contributed by atoms with Crippen molar-refractivity contribution in [1.29, 1.82) is 0 Å². The maximum Gasteiger partial charge on any atom is 0.231 e. The Kier molecular flexibility index (Phi) is 3.63. The Labute approximate surface area is 129 Å². The molecular weight excluding hydrogens is 280 g/mol. The van der Waals surface area contributed by atoms with E-state index in [1.54, 1.807) is 0 Å². The number of aryl methyl sites for hydroxylation is 1. The van der Waals surface area contributed by atoms with Gasteiger partial charge in [0.2, 0.25) is 5.89 Å². The van der Waals surface area contributed by atoms with Gasteiger partial charge in [-0.25, -0.2) is 0 Å². The van der Waals surface area contributed by atoms with E-state index in [4.69, 9.17) is 9.26 Å². The van der Waals surface area contributed by atoms with Crippen molar-refractivity contribution in [2.45, 2.75) is 44.4 Å². The van der Waals surface area contributed by atoms with Crippen LogP contribution < -0.4 is 0 Å². The molecule has 0 amide bonds. The number of ether oxygens (including phenoxy) is 1. The molecule has 0 bridgehead atoms. The van der Waals surface area contributed by atoms with E-state index in [1.165, 1.54) is 0 Å².